The number of rotatable bonds is 6. The van der Waals surface area contributed by atoms with Crippen molar-refractivity contribution in [2.45, 2.75) is 13.0 Å². The lowest BCUT2D eigenvalue weighted by molar-refractivity contribution is -0.117. The van der Waals surface area contributed by atoms with E-state index in [2.05, 4.69) is 5.32 Å². The number of hydrogen-bond donors (Lipinski definition) is 2. The second kappa shape index (κ2) is 6.72. The van der Waals surface area contributed by atoms with Gasteiger partial charge < -0.3 is 20.2 Å². The first-order valence-corrected chi connectivity index (χ1v) is 6.10. The van der Waals surface area contributed by atoms with Crippen molar-refractivity contribution >= 4 is 17.3 Å². The van der Waals surface area contributed by atoms with Crippen LogP contribution < -0.4 is 11.1 Å². The Morgan fingerprint density at radius 1 is 1.40 bits per heavy atom. The summed E-state index contributed by atoms with van der Waals surface area (Å²) in [4.78, 5) is 11.6. The van der Waals surface area contributed by atoms with Gasteiger partial charge in [0.1, 0.15) is 18.2 Å². The van der Waals surface area contributed by atoms with Gasteiger partial charge in [-0.3, -0.25) is 4.79 Å². The Hall–Kier alpha value is -2.34. The van der Waals surface area contributed by atoms with Crippen molar-refractivity contribution in [3.63, 3.8) is 0 Å². The van der Waals surface area contributed by atoms with Crippen molar-refractivity contribution in [2.24, 2.45) is 0 Å². The molecule has 0 unspecified atom stereocenters. The highest BCUT2D eigenvalue weighted by atomic mass is 19.1. The Kier molecular flexibility index (Phi) is 4.73. The van der Waals surface area contributed by atoms with Gasteiger partial charge in [0.05, 0.1) is 25.0 Å². The van der Waals surface area contributed by atoms with Gasteiger partial charge in [-0.05, 0) is 30.3 Å². The van der Waals surface area contributed by atoms with Crippen LogP contribution in [0.4, 0.5) is 15.8 Å². The van der Waals surface area contributed by atoms with Crippen molar-refractivity contribution in [1.29, 1.82) is 0 Å². The van der Waals surface area contributed by atoms with E-state index in [9.17, 15) is 9.18 Å². The van der Waals surface area contributed by atoms with Crippen LogP contribution in [0.15, 0.2) is 41.0 Å². The molecule has 106 valence electrons. The van der Waals surface area contributed by atoms with Crippen molar-refractivity contribution < 1.29 is 18.3 Å². The second-order valence-corrected chi connectivity index (χ2v) is 4.17. The molecule has 0 aliphatic heterocycles. The summed E-state index contributed by atoms with van der Waals surface area (Å²) in [5.41, 5.74) is 5.87. The first-order valence-electron chi connectivity index (χ1n) is 6.10. The van der Waals surface area contributed by atoms with E-state index in [1.54, 1.807) is 18.4 Å². The van der Waals surface area contributed by atoms with Crippen molar-refractivity contribution in [1.82, 2.24) is 0 Å². The first-order chi connectivity index (χ1) is 9.65. The Bertz CT molecular complexity index is 570. The van der Waals surface area contributed by atoms with Crippen molar-refractivity contribution in [3.05, 3.63) is 48.2 Å². The maximum atomic E-state index is 13.0. The van der Waals surface area contributed by atoms with Crippen LogP contribution in [0.25, 0.3) is 0 Å². The molecule has 3 N–H and O–H groups in total. The number of nitrogen functional groups attached to an aromatic ring is 1. The van der Waals surface area contributed by atoms with Crippen LogP contribution in [-0.4, -0.2) is 12.5 Å². The number of nitrogens with one attached hydrogen (secondary N) is 1. The number of furan rings is 1. The predicted octanol–water partition coefficient (Wildman–Crippen LogP) is 2.55. The van der Waals surface area contributed by atoms with E-state index in [-0.39, 0.29) is 24.6 Å². The minimum absolute atomic E-state index is 0.00290. The third kappa shape index (κ3) is 4.10. The van der Waals surface area contributed by atoms with Gasteiger partial charge in [0.2, 0.25) is 5.91 Å². The molecular weight excluding hydrogens is 263 g/mol. The summed E-state index contributed by atoms with van der Waals surface area (Å²) in [6.45, 7) is 0.590. The highest BCUT2D eigenvalue weighted by Crippen LogP contribution is 2.16. The summed E-state index contributed by atoms with van der Waals surface area (Å²) < 4.78 is 23.3. The molecule has 2 aromatic rings. The zero-order valence-electron chi connectivity index (χ0n) is 10.8. The number of carbonyl (C=O) groups excluding carboxylic acids is 1. The zero-order chi connectivity index (χ0) is 14.4. The topological polar surface area (TPSA) is 77.5 Å². The van der Waals surface area contributed by atoms with Crippen LogP contribution in [0.3, 0.4) is 0 Å². The van der Waals surface area contributed by atoms with Crippen LogP contribution in [-0.2, 0) is 16.1 Å². The van der Waals surface area contributed by atoms with E-state index in [0.717, 1.165) is 0 Å². The number of halogens is 1. The number of hydrogen-bond acceptors (Lipinski definition) is 4. The molecular formula is C14H15FN2O3. The van der Waals surface area contributed by atoms with E-state index in [1.807, 2.05) is 0 Å². The summed E-state index contributed by atoms with van der Waals surface area (Å²) in [5, 5.41) is 2.61. The number of benzene rings is 1. The molecule has 5 nitrogen and oxygen atoms in total. The maximum Gasteiger partial charge on any atom is 0.226 e. The monoisotopic (exact) mass is 278 g/mol. The zero-order valence-corrected chi connectivity index (χ0v) is 10.8. The van der Waals surface area contributed by atoms with Gasteiger partial charge in [0, 0.05) is 5.69 Å². The highest BCUT2D eigenvalue weighted by molar-refractivity contribution is 5.91. The molecule has 0 saturated heterocycles. The van der Waals surface area contributed by atoms with Gasteiger partial charge in [-0.15, -0.1) is 0 Å². The van der Waals surface area contributed by atoms with Gasteiger partial charge in [-0.25, -0.2) is 4.39 Å². The van der Waals surface area contributed by atoms with Crippen molar-refractivity contribution in [3.8, 4) is 0 Å². The average molecular weight is 278 g/mol. The maximum absolute atomic E-state index is 13.0. The smallest absolute Gasteiger partial charge is 0.226 e. The molecule has 0 fully saturated rings. The second-order valence-electron chi connectivity index (χ2n) is 4.17. The summed E-state index contributed by atoms with van der Waals surface area (Å²) in [5.74, 6) is -0.0306. The van der Waals surface area contributed by atoms with Crippen LogP contribution in [0, 0.1) is 5.82 Å². The van der Waals surface area contributed by atoms with E-state index in [4.69, 9.17) is 14.9 Å². The minimum Gasteiger partial charge on any atom is -0.467 e. The molecule has 0 saturated carbocycles. The average Bonchev–Trinajstić information content (AvgIpc) is 2.92. The SMILES string of the molecule is Nc1cc(NC(=O)CCOCc2ccco2)ccc1F. The van der Waals surface area contributed by atoms with Crippen LogP contribution in [0.1, 0.15) is 12.2 Å². The molecule has 1 aromatic carbocycles. The summed E-state index contributed by atoms with van der Waals surface area (Å²) in [7, 11) is 0. The highest BCUT2D eigenvalue weighted by Gasteiger charge is 2.05. The molecule has 2 rings (SSSR count). The van der Waals surface area contributed by atoms with Crippen LogP contribution in [0.5, 0.6) is 0 Å². The van der Waals surface area contributed by atoms with Gasteiger partial charge in [0.15, 0.2) is 0 Å². The van der Waals surface area contributed by atoms with Gasteiger partial charge >= 0.3 is 0 Å². The predicted molar refractivity (Wildman–Crippen MR) is 72.4 cm³/mol. The fourth-order valence-electron chi connectivity index (χ4n) is 1.58. The van der Waals surface area contributed by atoms with Gasteiger partial charge in [-0.1, -0.05) is 0 Å². The summed E-state index contributed by atoms with van der Waals surface area (Å²) >= 11 is 0. The number of ether oxygens (including phenoxy) is 1. The van der Waals surface area contributed by atoms with E-state index in [0.29, 0.717) is 18.1 Å². The first kappa shape index (κ1) is 14.1. The van der Waals surface area contributed by atoms with Crippen LogP contribution >= 0.6 is 0 Å². The number of carbonyl (C=O) groups is 1. The fourth-order valence-corrected chi connectivity index (χ4v) is 1.58. The molecule has 0 radical (unpaired) electrons. The third-order valence-corrected chi connectivity index (χ3v) is 2.58. The Labute approximate surface area is 115 Å². The van der Waals surface area contributed by atoms with Crippen molar-refractivity contribution in [2.75, 3.05) is 17.7 Å². The largest absolute Gasteiger partial charge is 0.467 e. The lowest BCUT2D eigenvalue weighted by Gasteiger charge is -2.06. The molecule has 0 bridgehead atoms. The van der Waals surface area contributed by atoms with Gasteiger partial charge in [0.25, 0.3) is 0 Å². The summed E-state index contributed by atoms with van der Waals surface area (Å²) in [6.07, 6.45) is 1.75. The minimum atomic E-state index is -0.509. The van der Waals surface area contributed by atoms with Crippen LogP contribution in [0.2, 0.25) is 0 Å². The molecule has 0 aliphatic rings. The van der Waals surface area contributed by atoms with Gasteiger partial charge in [-0.2, -0.15) is 0 Å². The molecule has 0 aliphatic carbocycles. The fraction of sp³-hybridized carbons (Fsp3) is 0.214. The third-order valence-electron chi connectivity index (χ3n) is 2.58. The lowest BCUT2D eigenvalue weighted by Crippen LogP contribution is -2.14. The molecule has 6 heteroatoms. The normalized spacial score (nSPS) is 10.4. The molecule has 20 heavy (non-hydrogen) atoms. The molecule has 0 spiro atoms. The molecule has 1 heterocycles. The Balaban J connectivity index is 1.71. The number of amides is 1. The lowest BCUT2D eigenvalue weighted by atomic mass is 10.2. The number of anilines is 2. The van der Waals surface area contributed by atoms with E-state index < -0.39 is 5.82 Å². The summed E-state index contributed by atoms with van der Waals surface area (Å²) in [6, 6.07) is 7.59. The molecule has 1 aromatic heterocycles. The van der Waals surface area contributed by atoms with E-state index in [1.165, 1.54) is 18.2 Å². The Morgan fingerprint density at radius 2 is 2.25 bits per heavy atom. The standard InChI is InChI=1S/C14H15FN2O3/c15-12-4-3-10(8-13(12)16)17-14(18)5-7-19-9-11-2-1-6-20-11/h1-4,6,8H,5,7,9,16H2,(H,17,18). The number of nitrogens with two attached hydrogens (primary N) is 1. The molecule has 0 atom stereocenters. The Morgan fingerprint density at radius 3 is 2.95 bits per heavy atom. The quantitative estimate of drug-likeness (QED) is 0.628. The van der Waals surface area contributed by atoms with E-state index >= 15 is 0 Å². The molecule has 1 amide bonds.